The molecular formula is C20H20N4OS2. The highest BCUT2D eigenvalue weighted by atomic mass is 32.2. The lowest BCUT2D eigenvalue weighted by molar-refractivity contribution is -0.130. The summed E-state index contributed by atoms with van der Waals surface area (Å²) in [5.41, 5.74) is 2.22. The number of rotatable bonds is 6. The van der Waals surface area contributed by atoms with Crippen molar-refractivity contribution in [2.75, 3.05) is 5.75 Å². The van der Waals surface area contributed by atoms with E-state index in [1.807, 2.05) is 53.5 Å². The number of para-hydroxylation sites is 1. The van der Waals surface area contributed by atoms with Crippen LogP contribution in [0, 0.1) is 0 Å². The van der Waals surface area contributed by atoms with Crippen molar-refractivity contribution in [3.05, 3.63) is 60.2 Å². The lowest BCUT2D eigenvalue weighted by Crippen LogP contribution is -2.37. The quantitative estimate of drug-likeness (QED) is 0.451. The second kappa shape index (κ2) is 7.70. The third-order valence-electron chi connectivity index (χ3n) is 4.38. The van der Waals surface area contributed by atoms with Crippen molar-refractivity contribution in [2.45, 2.75) is 31.6 Å². The third-order valence-corrected chi connectivity index (χ3v) is 6.30. The van der Waals surface area contributed by atoms with Crippen LogP contribution in [-0.4, -0.2) is 37.2 Å². The van der Waals surface area contributed by atoms with E-state index in [-0.39, 0.29) is 11.9 Å². The Morgan fingerprint density at radius 3 is 2.63 bits per heavy atom. The maximum absolute atomic E-state index is 12.9. The van der Waals surface area contributed by atoms with E-state index in [0.29, 0.717) is 12.3 Å². The van der Waals surface area contributed by atoms with Gasteiger partial charge in [-0.3, -0.25) is 9.20 Å². The summed E-state index contributed by atoms with van der Waals surface area (Å²) in [6, 6.07) is 18.4. The smallest absolute Gasteiger partial charge is 0.233 e. The molecule has 0 unspecified atom stereocenters. The molecule has 2 aromatic carbocycles. The van der Waals surface area contributed by atoms with Crippen molar-refractivity contribution in [2.24, 2.45) is 0 Å². The van der Waals surface area contributed by atoms with Crippen LogP contribution in [0.25, 0.3) is 15.2 Å². The van der Waals surface area contributed by atoms with E-state index in [9.17, 15) is 4.79 Å². The minimum atomic E-state index is 0.107. The fourth-order valence-corrected chi connectivity index (χ4v) is 4.85. The molecule has 0 saturated carbocycles. The number of thioether (sulfide) groups is 1. The van der Waals surface area contributed by atoms with Gasteiger partial charge in [0.05, 0.1) is 16.0 Å². The first-order valence-electron chi connectivity index (χ1n) is 8.82. The van der Waals surface area contributed by atoms with Gasteiger partial charge in [-0.05, 0) is 31.5 Å². The second-order valence-corrected chi connectivity index (χ2v) is 8.51. The van der Waals surface area contributed by atoms with Crippen LogP contribution in [0.2, 0.25) is 0 Å². The van der Waals surface area contributed by atoms with Crippen molar-refractivity contribution in [3.8, 4) is 0 Å². The molecule has 4 rings (SSSR count). The number of aromatic nitrogens is 3. The summed E-state index contributed by atoms with van der Waals surface area (Å²) in [6.07, 6.45) is 0. The van der Waals surface area contributed by atoms with E-state index >= 15 is 0 Å². The zero-order valence-corrected chi connectivity index (χ0v) is 16.8. The summed E-state index contributed by atoms with van der Waals surface area (Å²) < 4.78 is 3.21. The van der Waals surface area contributed by atoms with Gasteiger partial charge in [0.2, 0.25) is 10.9 Å². The number of carbonyl (C=O) groups excluding carboxylic acids is 1. The maximum atomic E-state index is 12.9. The van der Waals surface area contributed by atoms with Crippen molar-refractivity contribution in [3.63, 3.8) is 0 Å². The van der Waals surface area contributed by atoms with Gasteiger partial charge >= 0.3 is 0 Å². The Labute approximate surface area is 166 Å². The van der Waals surface area contributed by atoms with Crippen LogP contribution in [0.5, 0.6) is 0 Å². The number of nitrogens with zero attached hydrogens (tertiary/aromatic N) is 4. The second-order valence-electron chi connectivity index (χ2n) is 6.56. The Kier molecular flexibility index (Phi) is 5.13. The molecule has 0 saturated heterocycles. The van der Waals surface area contributed by atoms with Gasteiger partial charge < -0.3 is 4.90 Å². The molecular weight excluding hydrogens is 376 g/mol. The normalized spacial score (nSPS) is 11.5. The van der Waals surface area contributed by atoms with Crippen molar-refractivity contribution < 1.29 is 4.79 Å². The van der Waals surface area contributed by atoms with Gasteiger partial charge in [0.1, 0.15) is 0 Å². The number of hydrogen-bond acceptors (Lipinski definition) is 5. The minimum absolute atomic E-state index is 0.107. The Balaban J connectivity index is 1.51. The van der Waals surface area contributed by atoms with Crippen molar-refractivity contribution in [1.29, 1.82) is 0 Å². The summed E-state index contributed by atoms with van der Waals surface area (Å²) in [6.45, 7) is 4.72. The lowest BCUT2D eigenvalue weighted by Gasteiger charge is -2.26. The molecule has 0 radical (unpaired) electrons. The molecule has 4 aromatic rings. The van der Waals surface area contributed by atoms with Crippen LogP contribution in [0.4, 0.5) is 0 Å². The largest absolute Gasteiger partial charge is 0.335 e. The molecule has 5 nitrogen and oxygen atoms in total. The predicted molar refractivity (Wildman–Crippen MR) is 111 cm³/mol. The maximum Gasteiger partial charge on any atom is 0.233 e. The zero-order valence-electron chi connectivity index (χ0n) is 15.2. The zero-order chi connectivity index (χ0) is 18.8. The third kappa shape index (κ3) is 3.70. The van der Waals surface area contributed by atoms with E-state index in [1.54, 1.807) is 11.3 Å². The SMILES string of the molecule is CC(C)N(Cc1ccccc1)C(=O)CSc1nnc2sc3ccccc3n12. The van der Waals surface area contributed by atoms with Gasteiger partial charge in [-0.1, -0.05) is 65.6 Å². The average Bonchev–Trinajstić information content (AvgIpc) is 3.24. The topological polar surface area (TPSA) is 50.5 Å². The number of thiazole rings is 1. The van der Waals surface area contributed by atoms with Crippen molar-refractivity contribution in [1.82, 2.24) is 19.5 Å². The number of fused-ring (bicyclic) bond motifs is 3. The summed E-state index contributed by atoms with van der Waals surface area (Å²) in [5, 5.41) is 9.31. The molecule has 2 heterocycles. The van der Waals surface area contributed by atoms with Crippen LogP contribution in [0.1, 0.15) is 19.4 Å². The molecule has 27 heavy (non-hydrogen) atoms. The van der Waals surface area contributed by atoms with Gasteiger partial charge in [0.15, 0.2) is 5.16 Å². The highest BCUT2D eigenvalue weighted by Gasteiger charge is 2.20. The van der Waals surface area contributed by atoms with Crippen LogP contribution >= 0.6 is 23.1 Å². The molecule has 138 valence electrons. The number of amides is 1. The molecule has 0 spiro atoms. The number of carbonyl (C=O) groups is 1. The monoisotopic (exact) mass is 396 g/mol. The molecule has 0 aliphatic carbocycles. The average molecular weight is 397 g/mol. The standard InChI is InChI=1S/C20H20N4OS2/c1-14(2)23(12-15-8-4-3-5-9-15)18(25)13-26-19-21-22-20-24(19)16-10-6-7-11-17(16)27-20/h3-11,14H,12-13H2,1-2H3. The summed E-state index contributed by atoms with van der Waals surface area (Å²) in [4.78, 5) is 15.6. The molecule has 0 N–H and O–H groups in total. The van der Waals surface area contributed by atoms with E-state index in [4.69, 9.17) is 0 Å². The molecule has 1 amide bonds. The summed E-state index contributed by atoms with van der Waals surface area (Å²) >= 11 is 3.06. The Morgan fingerprint density at radius 1 is 1.11 bits per heavy atom. The predicted octanol–water partition coefficient (Wildman–Crippen LogP) is 4.47. The van der Waals surface area contributed by atoms with Crippen LogP contribution in [0.3, 0.4) is 0 Å². The van der Waals surface area contributed by atoms with E-state index in [0.717, 1.165) is 21.2 Å². The Hall–Kier alpha value is -2.38. The first-order valence-corrected chi connectivity index (χ1v) is 10.6. The molecule has 0 aliphatic heterocycles. The van der Waals surface area contributed by atoms with Gasteiger partial charge in [-0.25, -0.2) is 0 Å². The molecule has 2 aromatic heterocycles. The highest BCUT2D eigenvalue weighted by Crippen LogP contribution is 2.29. The van der Waals surface area contributed by atoms with Gasteiger partial charge in [-0.2, -0.15) is 0 Å². The first kappa shape index (κ1) is 18.0. The van der Waals surface area contributed by atoms with Gasteiger partial charge in [-0.15, -0.1) is 10.2 Å². The summed E-state index contributed by atoms with van der Waals surface area (Å²) in [5.74, 6) is 0.450. The van der Waals surface area contributed by atoms with Crippen LogP contribution < -0.4 is 0 Å². The van der Waals surface area contributed by atoms with Gasteiger partial charge in [0.25, 0.3) is 0 Å². The van der Waals surface area contributed by atoms with Crippen LogP contribution in [0.15, 0.2) is 59.8 Å². The number of benzene rings is 2. The highest BCUT2D eigenvalue weighted by molar-refractivity contribution is 7.99. The summed E-state index contributed by atoms with van der Waals surface area (Å²) in [7, 11) is 0. The van der Waals surface area contributed by atoms with E-state index < -0.39 is 0 Å². The lowest BCUT2D eigenvalue weighted by atomic mass is 10.2. The molecule has 7 heteroatoms. The Bertz CT molecular complexity index is 1070. The molecule has 0 aliphatic rings. The molecule has 0 fully saturated rings. The molecule has 0 bridgehead atoms. The minimum Gasteiger partial charge on any atom is -0.335 e. The first-order chi connectivity index (χ1) is 13.1. The van der Waals surface area contributed by atoms with Gasteiger partial charge in [0, 0.05) is 12.6 Å². The van der Waals surface area contributed by atoms with E-state index in [1.165, 1.54) is 16.5 Å². The molecule has 0 atom stereocenters. The fourth-order valence-electron chi connectivity index (χ4n) is 3.00. The van der Waals surface area contributed by atoms with E-state index in [2.05, 4.69) is 34.5 Å². The fraction of sp³-hybridized carbons (Fsp3) is 0.250. The number of hydrogen-bond donors (Lipinski definition) is 0. The Morgan fingerprint density at radius 2 is 1.85 bits per heavy atom. The van der Waals surface area contributed by atoms with Crippen molar-refractivity contribution >= 4 is 44.2 Å². The van der Waals surface area contributed by atoms with Crippen LogP contribution in [-0.2, 0) is 11.3 Å².